The Kier molecular flexibility index (Phi) is 2.78. The third-order valence-corrected chi connectivity index (χ3v) is 0.544. The van der Waals surface area contributed by atoms with Crippen LogP contribution in [0.5, 0.6) is 0 Å². The van der Waals surface area contributed by atoms with Crippen LogP contribution in [0.25, 0.3) is 0 Å². The molecule has 0 aliphatic heterocycles. The molecule has 0 amide bonds. The fraction of sp³-hybridized carbons (Fsp3) is 0.250. The van der Waals surface area contributed by atoms with Gasteiger partial charge >= 0.3 is 0 Å². The maximum Gasteiger partial charge on any atom is 0 e. The van der Waals surface area contributed by atoms with E-state index < -0.39 is 0 Å². The van der Waals surface area contributed by atoms with Gasteiger partial charge in [0.25, 0.3) is 0 Å². The quantitative estimate of drug-likeness (QED) is 0.419. The molecule has 0 nitrogen and oxygen atoms in total. The van der Waals surface area contributed by atoms with E-state index in [4.69, 9.17) is 0 Å². The average molecular weight is 118 g/mol. The number of hydrogen-bond acceptors (Lipinski definition) is 0. The van der Waals surface area contributed by atoms with Crippen LogP contribution in [0.3, 0.4) is 0 Å². The summed E-state index contributed by atoms with van der Waals surface area (Å²) in [7, 11) is 0. The van der Waals surface area contributed by atoms with E-state index >= 15 is 0 Å². The van der Waals surface area contributed by atoms with Crippen molar-refractivity contribution in [1.82, 2.24) is 0 Å². The van der Waals surface area contributed by atoms with Crippen molar-refractivity contribution in [2.75, 3.05) is 0 Å². The van der Waals surface area contributed by atoms with Crippen LogP contribution in [0.4, 0.5) is 0 Å². The Morgan fingerprint density at radius 1 is 1.40 bits per heavy atom. The van der Waals surface area contributed by atoms with Crippen LogP contribution in [-0.2, 0) is 19.5 Å². The van der Waals surface area contributed by atoms with Gasteiger partial charge in [0.15, 0.2) is 0 Å². The number of hydrogen-bond donors (Lipinski definition) is 0. The second-order valence-corrected chi connectivity index (χ2v) is 0.900. The Bertz CT molecular complexity index is 32.9. The summed E-state index contributed by atoms with van der Waals surface area (Å²) in [5.41, 5.74) is 0. The standard InChI is InChI=1S/C4H5.Zn/c1-2-4-3-1;/h1-3H,4H2;. The summed E-state index contributed by atoms with van der Waals surface area (Å²) in [6.07, 6.45) is 7.50. The van der Waals surface area contributed by atoms with Gasteiger partial charge < -0.3 is 0 Å². The maximum absolute atomic E-state index is 2.12. The summed E-state index contributed by atoms with van der Waals surface area (Å²) in [6.45, 7) is 0. The van der Waals surface area contributed by atoms with Gasteiger partial charge in [-0.2, -0.15) is 0 Å². The van der Waals surface area contributed by atoms with E-state index in [0.717, 1.165) is 0 Å². The van der Waals surface area contributed by atoms with Crippen molar-refractivity contribution in [3.63, 3.8) is 0 Å². The third-order valence-electron chi connectivity index (χ3n) is 0.544. The summed E-state index contributed by atoms with van der Waals surface area (Å²) >= 11 is 0. The molecule has 0 aromatic rings. The first-order chi connectivity index (χ1) is 2.00. The Hall–Kier alpha value is 0.363. The van der Waals surface area contributed by atoms with Crippen LogP contribution >= 0.6 is 0 Å². The fourth-order valence-corrected chi connectivity index (χ4v) is 0.136. The third kappa shape index (κ3) is 1.28. The first kappa shape index (κ1) is 5.36. The zero-order chi connectivity index (χ0) is 2.83. The van der Waals surface area contributed by atoms with Gasteiger partial charge in [0, 0.05) is 19.5 Å². The van der Waals surface area contributed by atoms with E-state index in [1.54, 1.807) is 0 Å². The maximum atomic E-state index is 2.12. The van der Waals surface area contributed by atoms with Crippen LogP contribution in [0.15, 0.2) is 12.2 Å². The molecule has 0 fully saturated rings. The molecule has 0 aromatic carbocycles. The van der Waals surface area contributed by atoms with Gasteiger partial charge in [-0.1, -0.05) is 12.2 Å². The summed E-state index contributed by atoms with van der Waals surface area (Å²) in [4.78, 5) is 0. The average Bonchev–Trinajstić information content (AvgIpc) is 0.722. The molecule has 0 aromatic heterocycles. The summed E-state index contributed by atoms with van der Waals surface area (Å²) in [5, 5.41) is 0. The van der Waals surface area contributed by atoms with Crippen molar-refractivity contribution in [3.05, 3.63) is 18.6 Å². The van der Waals surface area contributed by atoms with E-state index in [-0.39, 0.29) is 19.5 Å². The number of allylic oxidation sites excluding steroid dienone is 2. The smallest absolute Gasteiger partial charge is 0 e. The molecule has 0 atom stereocenters. The Labute approximate surface area is 45.0 Å². The van der Waals surface area contributed by atoms with Crippen LogP contribution in [-0.4, -0.2) is 0 Å². The van der Waals surface area contributed by atoms with Gasteiger partial charge in [0.05, 0.1) is 0 Å². The first-order valence-corrected chi connectivity index (χ1v) is 1.48. The van der Waals surface area contributed by atoms with Gasteiger partial charge in [-0.25, -0.2) is 0 Å². The molecule has 0 N–H and O–H groups in total. The molecule has 1 rings (SSSR count). The molecule has 0 saturated carbocycles. The SMILES string of the molecule is [CH]1C=CC1.[Zn]. The Morgan fingerprint density at radius 3 is 1.60 bits per heavy atom. The van der Waals surface area contributed by atoms with Gasteiger partial charge in [0.1, 0.15) is 0 Å². The molecule has 23 valence electrons. The van der Waals surface area contributed by atoms with E-state index in [1.807, 2.05) is 0 Å². The summed E-state index contributed by atoms with van der Waals surface area (Å²) < 4.78 is 0. The molecule has 0 saturated heterocycles. The van der Waals surface area contributed by atoms with Crippen molar-refractivity contribution in [2.24, 2.45) is 0 Å². The van der Waals surface area contributed by atoms with E-state index in [9.17, 15) is 0 Å². The minimum atomic E-state index is 0. The molecule has 1 aliphatic rings. The van der Waals surface area contributed by atoms with Gasteiger partial charge in [-0.05, 0) is 12.8 Å². The molecule has 5 heavy (non-hydrogen) atoms. The fourth-order valence-electron chi connectivity index (χ4n) is 0.136. The predicted octanol–water partition coefficient (Wildman–Crippen LogP) is 1.15. The topological polar surface area (TPSA) is 0 Å². The van der Waals surface area contributed by atoms with Gasteiger partial charge in [-0.3, -0.25) is 0 Å². The molecule has 1 radical (unpaired) electrons. The summed E-state index contributed by atoms with van der Waals surface area (Å²) in [5.74, 6) is 0. The van der Waals surface area contributed by atoms with Crippen molar-refractivity contribution in [2.45, 2.75) is 6.42 Å². The second kappa shape index (κ2) is 2.59. The Balaban J connectivity index is 0.000000160. The van der Waals surface area contributed by atoms with Gasteiger partial charge in [-0.15, -0.1) is 0 Å². The minimum absolute atomic E-state index is 0. The zero-order valence-electron chi connectivity index (χ0n) is 3.15. The van der Waals surface area contributed by atoms with Crippen molar-refractivity contribution in [1.29, 1.82) is 0 Å². The molecule has 0 unspecified atom stereocenters. The molecule has 1 heteroatoms. The molecule has 0 heterocycles. The molecule has 1 aliphatic carbocycles. The van der Waals surface area contributed by atoms with Crippen LogP contribution in [0.2, 0.25) is 0 Å². The molecular formula is C4H5Zn. The Morgan fingerprint density at radius 2 is 1.60 bits per heavy atom. The number of rotatable bonds is 0. The normalized spacial score (nSPS) is 16.0. The second-order valence-electron chi connectivity index (χ2n) is 0.900. The van der Waals surface area contributed by atoms with Crippen LogP contribution in [0, 0.1) is 6.42 Å². The largest absolute Gasteiger partial charge is 0.0876 e. The predicted molar refractivity (Wildman–Crippen MR) is 18.1 cm³/mol. The first-order valence-electron chi connectivity index (χ1n) is 1.48. The van der Waals surface area contributed by atoms with Crippen molar-refractivity contribution >= 4 is 0 Å². The van der Waals surface area contributed by atoms with Crippen LogP contribution in [0.1, 0.15) is 6.42 Å². The molecule has 0 spiro atoms. The summed E-state index contributed by atoms with van der Waals surface area (Å²) in [6, 6.07) is 0. The van der Waals surface area contributed by atoms with Gasteiger partial charge in [0.2, 0.25) is 0 Å². The van der Waals surface area contributed by atoms with E-state index in [1.165, 1.54) is 6.42 Å². The van der Waals surface area contributed by atoms with Crippen molar-refractivity contribution < 1.29 is 19.5 Å². The van der Waals surface area contributed by atoms with E-state index in [0.29, 0.717) is 0 Å². The zero-order valence-corrected chi connectivity index (χ0v) is 6.11. The minimum Gasteiger partial charge on any atom is -0.0876 e. The van der Waals surface area contributed by atoms with Crippen LogP contribution < -0.4 is 0 Å². The molecule has 0 bridgehead atoms. The molecular weight excluding hydrogens is 113 g/mol. The monoisotopic (exact) mass is 117 g/mol. The van der Waals surface area contributed by atoms with E-state index in [2.05, 4.69) is 18.6 Å². The van der Waals surface area contributed by atoms with Crippen molar-refractivity contribution in [3.8, 4) is 0 Å².